The number of rotatable bonds is 11. The fraction of sp³-hybridized carbons (Fsp3) is 0.261. The van der Waals surface area contributed by atoms with Gasteiger partial charge in [0.15, 0.2) is 0 Å². The van der Waals surface area contributed by atoms with E-state index >= 15 is 0 Å². The van der Waals surface area contributed by atoms with Crippen LogP contribution in [0.5, 0.6) is 0 Å². The van der Waals surface area contributed by atoms with E-state index < -0.39 is 17.7 Å². The maximum atomic E-state index is 13.1. The van der Waals surface area contributed by atoms with Crippen LogP contribution in [0.2, 0.25) is 0 Å². The van der Waals surface area contributed by atoms with Gasteiger partial charge < -0.3 is 9.47 Å². The molecule has 30 heavy (non-hydrogen) atoms. The van der Waals surface area contributed by atoms with Gasteiger partial charge in [-0.15, -0.1) is 0 Å². The van der Waals surface area contributed by atoms with E-state index in [-0.39, 0.29) is 49.3 Å². The summed E-state index contributed by atoms with van der Waals surface area (Å²) in [6, 6.07) is 17.1. The second-order valence-electron chi connectivity index (χ2n) is 6.29. The molecule has 2 aromatic carbocycles. The first-order valence-corrected chi connectivity index (χ1v) is 9.58. The summed E-state index contributed by atoms with van der Waals surface area (Å²) in [5, 5.41) is 2.78. The van der Waals surface area contributed by atoms with E-state index in [0.717, 1.165) is 5.56 Å². The lowest BCUT2D eigenvalue weighted by atomic mass is 9.95. The maximum Gasteiger partial charge on any atom is 0.342 e. The second-order valence-corrected chi connectivity index (χ2v) is 6.29. The zero-order valence-corrected chi connectivity index (χ0v) is 16.7. The molecule has 2 aromatic rings. The summed E-state index contributed by atoms with van der Waals surface area (Å²) >= 11 is 0. The van der Waals surface area contributed by atoms with Crippen molar-refractivity contribution in [3.8, 4) is 0 Å². The van der Waals surface area contributed by atoms with Gasteiger partial charge in [-0.1, -0.05) is 65.8 Å². The van der Waals surface area contributed by atoms with Crippen molar-refractivity contribution in [2.24, 2.45) is 5.18 Å². The van der Waals surface area contributed by atoms with Gasteiger partial charge in [-0.05, 0) is 25.3 Å². The molecule has 2 rings (SSSR count). The Balaban J connectivity index is 2.42. The average Bonchev–Trinajstić information content (AvgIpc) is 2.78. The summed E-state index contributed by atoms with van der Waals surface area (Å²) in [7, 11) is 0. The number of esters is 2. The first-order valence-electron chi connectivity index (χ1n) is 9.58. The number of ether oxygens (including phenoxy) is 2. The fourth-order valence-electron chi connectivity index (χ4n) is 2.75. The van der Waals surface area contributed by atoms with Crippen molar-refractivity contribution in [3.63, 3.8) is 0 Å². The lowest BCUT2D eigenvalue weighted by Crippen LogP contribution is -2.23. The minimum Gasteiger partial charge on any atom is -0.462 e. The molecule has 7 heteroatoms. The molecule has 0 aliphatic heterocycles. The summed E-state index contributed by atoms with van der Waals surface area (Å²) in [5.74, 6) is -2.35. The highest BCUT2D eigenvalue weighted by atomic mass is 16.5. The molecule has 0 bridgehead atoms. The highest BCUT2D eigenvalue weighted by molar-refractivity contribution is 6.27. The molecule has 0 aromatic heterocycles. The smallest absolute Gasteiger partial charge is 0.342 e. The third-order valence-corrected chi connectivity index (χ3v) is 4.18. The third-order valence-electron chi connectivity index (χ3n) is 4.18. The predicted octanol–water partition coefficient (Wildman–Crippen LogP) is 4.02. The molecule has 0 radical (unpaired) electrons. The van der Waals surface area contributed by atoms with Crippen LogP contribution in [0.4, 0.5) is 0 Å². The van der Waals surface area contributed by atoms with E-state index in [2.05, 4.69) is 5.18 Å². The van der Waals surface area contributed by atoms with Gasteiger partial charge in [0, 0.05) is 5.56 Å². The van der Waals surface area contributed by atoms with E-state index in [9.17, 15) is 19.3 Å². The number of nitroso groups, excluding NO2 is 1. The molecule has 0 saturated carbocycles. The SMILES string of the molecule is CCOC(=O)/C(C(=O)c1ccccc1)=C(\CCCN=O)C(=O)OCc1ccccc1. The Kier molecular flexibility index (Phi) is 9.12. The van der Waals surface area contributed by atoms with E-state index in [1.807, 2.05) is 6.07 Å². The number of ketones is 1. The highest BCUT2D eigenvalue weighted by Crippen LogP contribution is 2.21. The van der Waals surface area contributed by atoms with Crippen LogP contribution in [0, 0.1) is 4.91 Å². The van der Waals surface area contributed by atoms with E-state index in [4.69, 9.17) is 9.47 Å². The lowest BCUT2D eigenvalue weighted by molar-refractivity contribution is -0.142. The standard InChI is InChI=1S/C23H23NO6/c1-2-29-23(27)20(21(25)18-12-7-4-8-13-18)19(14-9-15-24-28)22(26)30-16-17-10-5-3-6-11-17/h3-8,10-13H,2,9,14-16H2,1H3/b20-19+. The van der Waals surface area contributed by atoms with Gasteiger partial charge in [0.25, 0.3) is 0 Å². The molecule has 0 fully saturated rings. The van der Waals surface area contributed by atoms with Gasteiger partial charge in [0.1, 0.15) is 12.2 Å². The number of hydrogen-bond donors (Lipinski definition) is 0. The monoisotopic (exact) mass is 409 g/mol. The second kappa shape index (κ2) is 12.1. The van der Waals surface area contributed by atoms with Crippen LogP contribution >= 0.6 is 0 Å². The van der Waals surface area contributed by atoms with Gasteiger partial charge in [0.05, 0.1) is 18.7 Å². The Morgan fingerprint density at radius 3 is 2.10 bits per heavy atom. The summed E-state index contributed by atoms with van der Waals surface area (Å²) in [5.41, 5.74) is 0.489. The van der Waals surface area contributed by atoms with Crippen molar-refractivity contribution in [1.29, 1.82) is 0 Å². The summed E-state index contributed by atoms with van der Waals surface area (Å²) in [6.07, 6.45) is 0.163. The molecule has 0 aliphatic rings. The molecule has 0 N–H and O–H groups in total. The molecule has 7 nitrogen and oxygen atoms in total. The van der Waals surface area contributed by atoms with E-state index in [1.165, 1.54) is 0 Å². The Labute approximate surface area is 174 Å². The van der Waals surface area contributed by atoms with Crippen molar-refractivity contribution in [3.05, 3.63) is 87.8 Å². The maximum absolute atomic E-state index is 13.1. The minimum absolute atomic E-state index is 0.0217. The number of Topliss-reactive ketones (excluding diaryl/α,β-unsaturated/α-hetero) is 1. The van der Waals surface area contributed by atoms with Gasteiger partial charge in [-0.3, -0.25) is 4.79 Å². The summed E-state index contributed by atoms with van der Waals surface area (Å²) in [6.45, 7) is 1.55. The molecule has 0 heterocycles. The normalized spacial score (nSPS) is 11.2. The van der Waals surface area contributed by atoms with E-state index in [1.54, 1.807) is 61.5 Å². The molecule has 0 saturated heterocycles. The summed E-state index contributed by atoms with van der Waals surface area (Å²) < 4.78 is 10.4. The third kappa shape index (κ3) is 6.48. The lowest BCUT2D eigenvalue weighted by Gasteiger charge is -2.14. The molecule has 0 unspecified atom stereocenters. The summed E-state index contributed by atoms with van der Waals surface area (Å²) in [4.78, 5) is 49.0. The van der Waals surface area contributed by atoms with Crippen molar-refractivity contribution in [1.82, 2.24) is 0 Å². The van der Waals surface area contributed by atoms with Crippen molar-refractivity contribution >= 4 is 17.7 Å². The largest absolute Gasteiger partial charge is 0.462 e. The van der Waals surface area contributed by atoms with Gasteiger partial charge in [0.2, 0.25) is 5.78 Å². The molecular weight excluding hydrogens is 386 g/mol. The number of nitrogens with zero attached hydrogens (tertiary/aromatic N) is 1. The zero-order valence-electron chi connectivity index (χ0n) is 16.7. The first kappa shape index (κ1) is 22.7. The average molecular weight is 409 g/mol. The predicted molar refractivity (Wildman–Crippen MR) is 111 cm³/mol. The van der Waals surface area contributed by atoms with Crippen molar-refractivity contribution in [2.75, 3.05) is 13.2 Å². The van der Waals surface area contributed by atoms with Crippen LogP contribution in [0.15, 0.2) is 77.0 Å². The molecule has 0 atom stereocenters. The number of carbonyl (C=O) groups excluding carboxylic acids is 3. The van der Waals surface area contributed by atoms with Crippen LogP contribution in [-0.4, -0.2) is 30.9 Å². The van der Waals surface area contributed by atoms with Crippen LogP contribution < -0.4 is 0 Å². The van der Waals surface area contributed by atoms with Gasteiger partial charge in [-0.25, -0.2) is 9.59 Å². The first-order chi connectivity index (χ1) is 14.6. The molecular formula is C23H23NO6. The Hall–Kier alpha value is -3.61. The van der Waals surface area contributed by atoms with Crippen LogP contribution in [0.25, 0.3) is 0 Å². The van der Waals surface area contributed by atoms with Crippen molar-refractivity contribution < 1.29 is 23.9 Å². The van der Waals surface area contributed by atoms with Gasteiger partial charge >= 0.3 is 11.9 Å². The Morgan fingerprint density at radius 1 is 0.867 bits per heavy atom. The molecule has 0 aliphatic carbocycles. The zero-order chi connectivity index (χ0) is 21.8. The molecule has 0 amide bonds. The quantitative estimate of drug-likeness (QED) is 0.106. The van der Waals surface area contributed by atoms with Crippen molar-refractivity contribution in [2.45, 2.75) is 26.4 Å². The fourth-order valence-corrected chi connectivity index (χ4v) is 2.75. The topological polar surface area (TPSA) is 99.1 Å². The van der Waals surface area contributed by atoms with Gasteiger partial charge in [-0.2, -0.15) is 4.91 Å². The number of carbonyl (C=O) groups is 3. The molecule has 156 valence electrons. The van der Waals surface area contributed by atoms with E-state index in [0.29, 0.717) is 0 Å². The number of benzene rings is 2. The minimum atomic E-state index is -0.905. The highest BCUT2D eigenvalue weighted by Gasteiger charge is 2.29. The Bertz CT molecular complexity index is 906. The Morgan fingerprint density at radius 2 is 1.50 bits per heavy atom. The number of hydrogen-bond acceptors (Lipinski definition) is 7. The molecule has 0 spiro atoms. The van der Waals surface area contributed by atoms with Crippen LogP contribution in [0.1, 0.15) is 35.7 Å². The van der Waals surface area contributed by atoms with Crippen LogP contribution in [-0.2, 0) is 25.7 Å². The van der Waals surface area contributed by atoms with Crippen LogP contribution in [0.3, 0.4) is 0 Å².